The molecule has 0 aromatic heterocycles. The molecular weight excluding hydrogens is 264 g/mol. The molecule has 4 heteroatoms. The molecule has 0 saturated carbocycles. The molecular formula is C17H28N2O2. The number of nitrogens with zero attached hydrogens (tertiary/aromatic N) is 1. The van der Waals surface area contributed by atoms with E-state index in [4.69, 9.17) is 10.5 Å². The number of benzene rings is 1. The van der Waals surface area contributed by atoms with Crippen molar-refractivity contribution in [1.82, 2.24) is 0 Å². The first-order valence-electron chi connectivity index (χ1n) is 7.67. The zero-order chi connectivity index (χ0) is 15.9. The SMILES string of the molecule is CCCC(CN)(CCC)C(=O)N(C)c1ccccc1OC. The highest BCUT2D eigenvalue weighted by molar-refractivity contribution is 5.98. The van der Waals surface area contributed by atoms with E-state index in [9.17, 15) is 4.79 Å². The molecule has 0 radical (unpaired) electrons. The average Bonchev–Trinajstić information content (AvgIpc) is 2.53. The highest BCUT2D eigenvalue weighted by atomic mass is 16.5. The number of hydrogen-bond acceptors (Lipinski definition) is 3. The maximum atomic E-state index is 13.0. The van der Waals surface area contributed by atoms with Crippen LogP contribution in [0, 0.1) is 5.41 Å². The third-order valence-corrected chi connectivity index (χ3v) is 4.05. The molecule has 0 bridgehead atoms. The Kier molecular flexibility index (Phi) is 6.69. The van der Waals surface area contributed by atoms with Gasteiger partial charge in [-0.2, -0.15) is 0 Å². The molecule has 1 rings (SSSR count). The second-order valence-corrected chi connectivity index (χ2v) is 5.52. The summed E-state index contributed by atoms with van der Waals surface area (Å²) in [5, 5.41) is 0. The highest BCUT2D eigenvalue weighted by Crippen LogP contribution is 2.35. The van der Waals surface area contributed by atoms with Gasteiger partial charge in [0.05, 0.1) is 18.2 Å². The Balaban J connectivity index is 3.13. The number of carbonyl (C=O) groups is 1. The molecule has 0 spiro atoms. The van der Waals surface area contributed by atoms with Gasteiger partial charge in [-0.05, 0) is 25.0 Å². The Morgan fingerprint density at radius 1 is 1.24 bits per heavy atom. The highest BCUT2D eigenvalue weighted by Gasteiger charge is 2.38. The largest absolute Gasteiger partial charge is 0.495 e. The molecule has 0 fully saturated rings. The number of hydrogen-bond donors (Lipinski definition) is 1. The van der Waals surface area contributed by atoms with Gasteiger partial charge in [-0.1, -0.05) is 38.8 Å². The second-order valence-electron chi connectivity index (χ2n) is 5.52. The van der Waals surface area contributed by atoms with Crippen molar-refractivity contribution in [2.45, 2.75) is 39.5 Å². The van der Waals surface area contributed by atoms with E-state index in [1.165, 1.54) is 0 Å². The quantitative estimate of drug-likeness (QED) is 0.800. The second kappa shape index (κ2) is 8.03. The van der Waals surface area contributed by atoms with Crippen molar-refractivity contribution in [2.24, 2.45) is 11.1 Å². The van der Waals surface area contributed by atoms with E-state index in [0.717, 1.165) is 31.4 Å². The predicted octanol–water partition coefficient (Wildman–Crippen LogP) is 3.20. The molecule has 1 amide bonds. The number of amides is 1. The molecule has 0 aliphatic heterocycles. The molecule has 0 aliphatic carbocycles. The van der Waals surface area contributed by atoms with Crippen LogP contribution in [-0.2, 0) is 4.79 Å². The summed E-state index contributed by atoms with van der Waals surface area (Å²) in [7, 11) is 3.42. The average molecular weight is 292 g/mol. The molecule has 0 unspecified atom stereocenters. The van der Waals surface area contributed by atoms with Crippen LogP contribution in [-0.4, -0.2) is 26.6 Å². The van der Waals surface area contributed by atoms with Crippen LogP contribution >= 0.6 is 0 Å². The smallest absolute Gasteiger partial charge is 0.234 e. The van der Waals surface area contributed by atoms with Crippen molar-refractivity contribution in [1.29, 1.82) is 0 Å². The van der Waals surface area contributed by atoms with Gasteiger partial charge in [-0.3, -0.25) is 4.79 Å². The number of methoxy groups -OCH3 is 1. The summed E-state index contributed by atoms with van der Waals surface area (Å²) in [6.45, 7) is 4.57. The molecule has 2 N–H and O–H groups in total. The Morgan fingerprint density at radius 3 is 2.29 bits per heavy atom. The molecule has 0 heterocycles. The van der Waals surface area contributed by atoms with E-state index in [2.05, 4.69) is 13.8 Å². The molecule has 0 saturated heterocycles. The molecule has 1 aromatic rings. The lowest BCUT2D eigenvalue weighted by molar-refractivity contribution is -0.128. The molecule has 4 nitrogen and oxygen atoms in total. The Hall–Kier alpha value is -1.55. The van der Waals surface area contributed by atoms with Crippen molar-refractivity contribution in [3.8, 4) is 5.75 Å². The summed E-state index contributed by atoms with van der Waals surface area (Å²) < 4.78 is 5.36. The Bertz CT molecular complexity index is 454. The minimum absolute atomic E-state index is 0.0817. The summed E-state index contributed by atoms with van der Waals surface area (Å²) >= 11 is 0. The van der Waals surface area contributed by atoms with Gasteiger partial charge in [-0.25, -0.2) is 0 Å². The standard InChI is InChI=1S/C17H28N2O2/c1-5-11-17(13-18,12-6-2)16(20)19(3)14-9-7-8-10-15(14)21-4/h7-10H,5-6,11-13,18H2,1-4H3. The van der Waals surface area contributed by atoms with Gasteiger partial charge >= 0.3 is 0 Å². The first-order valence-corrected chi connectivity index (χ1v) is 7.67. The number of rotatable bonds is 8. The van der Waals surface area contributed by atoms with Gasteiger partial charge < -0.3 is 15.4 Å². The van der Waals surface area contributed by atoms with Crippen LogP contribution in [0.5, 0.6) is 5.75 Å². The van der Waals surface area contributed by atoms with Gasteiger partial charge in [0.1, 0.15) is 5.75 Å². The lowest BCUT2D eigenvalue weighted by atomic mass is 9.78. The van der Waals surface area contributed by atoms with Gasteiger partial charge in [0, 0.05) is 13.6 Å². The molecule has 0 atom stereocenters. The van der Waals surface area contributed by atoms with Crippen LogP contribution in [0.4, 0.5) is 5.69 Å². The number of anilines is 1. The molecule has 0 aliphatic rings. The monoisotopic (exact) mass is 292 g/mol. The Labute approximate surface area is 128 Å². The first kappa shape index (κ1) is 17.5. The van der Waals surface area contributed by atoms with Crippen molar-refractivity contribution < 1.29 is 9.53 Å². The van der Waals surface area contributed by atoms with E-state index in [-0.39, 0.29) is 5.91 Å². The van der Waals surface area contributed by atoms with Crippen LogP contribution < -0.4 is 15.4 Å². The molecule has 118 valence electrons. The van der Waals surface area contributed by atoms with Gasteiger partial charge in [0.2, 0.25) is 5.91 Å². The van der Waals surface area contributed by atoms with Crippen molar-refractivity contribution >= 4 is 11.6 Å². The van der Waals surface area contributed by atoms with Crippen LogP contribution in [0.1, 0.15) is 39.5 Å². The zero-order valence-corrected chi connectivity index (χ0v) is 13.7. The summed E-state index contributed by atoms with van der Waals surface area (Å²) in [4.78, 5) is 14.7. The normalized spacial score (nSPS) is 11.3. The van der Waals surface area contributed by atoms with Crippen molar-refractivity contribution in [3.05, 3.63) is 24.3 Å². The van der Waals surface area contributed by atoms with Crippen LogP contribution in [0.25, 0.3) is 0 Å². The van der Waals surface area contributed by atoms with Gasteiger partial charge in [0.15, 0.2) is 0 Å². The molecule has 21 heavy (non-hydrogen) atoms. The minimum atomic E-state index is -0.473. The number of carbonyl (C=O) groups excluding carboxylic acids is 1. The third-order valence-electron chi connectivity index (χ3n) is 4.05. The van der Waals surface area contributed by atoms with E-state index in [1.54, 1.807) is 19.1 Å². The van der Waals surface area contributed by atoms with E-state index in [0.29, 0.717) is 12.3 Å². The van der Waals surface area contributed by atoms with Crippen LogP contribution in [0.15, 0.2) is 24.3 Å². The minimum Gasteiger partial charge on any atom is -0.495 e. The van der Waals surface area contributed by atoms with E-state index in [1.807, 2.05) is 24.3 Å². The number of nitrogens with two attached hydrogens (primary N) is 1. The summed E-state index contributed by atoms with van der Waals surface area (Å²) in [6.07, 6.45) is 3.52. The maximum absolute atomic E-state index is 13.0. The Morgan fingerprint density at radius 2 is 1.81 bits per heavy atom. The predicted molar refractivity (Wildman–Crippen MR) is 87.7 cm³/mol. The van der Waals surface area contributed by atoms with E-state index >= 15 is 0 Å². The zero-order valence-electron chi connectivity index (χ0n) is 13.7. The molecule has 1 aromatic carbocycles. The van der Waals surface area contributed by atoms with Crippen LogP contribution in [0.3, 0.4) is 0 Å². The van der Waals surface area contributed by atoms with Crippen molar-refractivity contribution in [2.75, 3.05) is 25.6 Å². The topological polar surface area (TPSA) is 55.6 Å². The first-order chi connectivity index (χ1) is 10.1. The lowest BCUT2D eigenvalue weighted by Gasteiger charge is -2.35. The number of para-hydroxylation sites is 2. The number of ether oxygens (including phenoxy) is 1. The van der Waals surface area contributed by atoms with E-state index < -0.39 is 5.41 Å². The summed E-state index contributed by atoms with van der Waals surface area (Å²) in [6, 6.07) is 7.57. The fraction of sp³-hybridized carbons (Fsp3) is 0.588. The maximum Gasteiger partial charge on any atom is 0.234 e. The fourth-order valence-corrected chi connectivity index (χ4v) is 2.96. The summed E-state index contributed by atoms with van der Waals surface area (Å²) in [5.41, 5.74) is 6.30. The van der Waals surface area contributed by atoms with Crippen LogP contribution in [0.2, 0.25) is 0 Å². The summed E-state index contributed by atoms with van der Waals surface area (Å²) in [5.74, 6) is 0.783. The van der Waals surface area contributed by atoms with Crippen molar-refractivity contribution in [3.63, 3.8) is 0 Å². The lowest BCUT2D eigenvalue weighted by Crippen LogP contribution is -2.47. The van der Waals surface area contributed by atoms with Gasteiger partial charge in [-0.15, -0.1) is 0 Å². The fourth-order valence-electron chi connectivity index (χ4n) is 2.96. The van der Waals surface area contributed by atoms with Gasteiger partial charge in [0.25, 0.3) is 0 Å². The third kappa shape index (κ3) is 3.76.